The Morgan fingerprint density at radius 2 is 2.06 bits per heavy atom. The molecule has 1 aliphatic rings. The van der Waals surface area contributed by atoms with Crippen molar-refractivity contribution in [3.05, 3.63) is 16.1 Å². The van der Waals surface area contributed by atoms with Gasteiger partial charge in [-0.25, -0.2) is 4.98 Å². The van der Waals surface area contributed by atoms with Crippen LogP contribution in [-0.2, 0) is 12.0 Å². The van der Waals surface area contributed by atoms with Gasteiger partial charge in [-0.15, -0.1) is 11.3 Å². The van der Waals surface area contributed by atoms with Crippen molar-refractivity contribution in [3.8, 4) is 0 Å². The first kappa shape index (κ1) is 14.0. The fourth-order valence-electron chi connectivity index (χ4n) is 2.18. The summed E-state index contributed by atoms with van der Waals surface area (Å²) in [6.07, 6.45) is 2.75. The van der Waals surface area contributed by atoms with Gasteiger partial charge in [0.25, 0.3) is 0 Å². The van der Waals surface area contributed by atoms with Gasteiger partial charge in [-0.3, -0.25) is 0 Å². The molecule has 3 nitrogen and oxygen atoms in total. The summed E-state index contributed by atoms with van der Waals surface area (Å²) in [5.41, 5.74) is 1.38. The van der Waals surface area contributed by atoms with Gasteiger partial charge in [0.05, 0.1) is 5.69 Å². The van der Waals surface area contributed by atoms with E-state index in [1.165, 1.54) is 43.2 Å². The Balaban J connectivity index is 1.68. The molecule has 1 fully saturated rings. The summed E-state index contributed by atoms with van der Waals surface area (Å²) < 4.78 is 0. The molecule has 0 aliphatic carbocycles. The predicted molar refractivity (Wildman–Crippen MR) is 78.2 cm³/mol. The first-order valence-corrected chi connectivity index (χ1v) is 7.81. The van der Waals surface area contributed by atoms with Crippen LogP contribution in [0.4, 0.5) is 0 Å². The Hall–Kier alpha value is -0.450. The molecule has 0 amide bonds. The van der Waals surface area contributed by atoms with Crippen molar-refractivity contribution < 1.29 is 0 Å². The first-order valence-electron chi connectivity index (χ1n) is 6.94. The Morgan fingerprint density at radius 3 is 2.67 bits per heavy atom. The van der Waals surface area contributed by atoms with Gasteiger partial charge in [-0.05, 0) is 25.9 Å². The lowest BCUT2D eigenvalue weighted by molar-refractivity contribution is 0.335. The normalized spacial score (nSPS) is 17.5. The second-order valence-electron chi connectivity index (χ2n) is 6.10. The fourth-order valence-corrected chi connectivity index (χ4v) is 3.17. The molecule has 1 aromatic rings. The number of hydrogen-bond donors (Lipinski definition) is 1. The van der Waals surface area contributed by atoms with Crippen LogP contribution in [0, 0.1) is 0 Å². The van der Waals surface area contributed by atoms with Gasteiger partial charge in [0, 0.05) is 30.4 Å². The molecule has 2 rings (SSSR count). The zero-order chi connectivity index (χ0) is 13.0. The third-order valence-corrected chi connectivity index (χ3v) is 4.25. The highest BCUT2D eigenvalue weighted by Crippen LogP contribution is 2.23. The SMILES string of the molecule is CC(C)(C)c1csc(CNCCN2CCCC2)n1. The van der Waals surface area contributed by atoms with Gasteiger partial charge in [0.15, 0.2) is 0 Å². The summed E-state index contributed by atoms with van der Waals surface area (Å²) in [4.78, 5) is 7.23. The highest BCUT2D eigenvalue weighted by Gasteiger charge is 2.17. The second-order valence-corrected chi connectivity index (χ2v) is 7.04. The minimum atomic E-state index is 0.171. The third kappa shape index (κ3) is 4.04. The molecule has 0 radical (unpaired) electrons. The van der Waals surface area contributed by atoms with E-state index in [9.17, 15) is 0 Å². The Bertz CT molecular complexity index is 361. The Kier molecular flexibility index (Phi) is 4.76. The van der Waals surface area contributed by atoms with Crippen molar-refractivity contribution in [2.45, 2.75) is 45.6 Å². The van der Waals surface area contributed by atoms with E-state index >= 15 is 0 Å². The average Bonchev–Trinajstić information content (AvgIpc) is 2.95. The third-order valence-electron chi connectivity index (χ3n) is 3.40. The number of rotatable bonds is 5. The summed E-state index contributed by atoms with van der Waals surface area (Å²) in [6.45, 7) is 12.4. The lowest BCUT2D eigenvalue weighted by Gasteiger charge is -2.15. The number of nitrogens with one attached hydrogen (secondary N) is 1. The van der Waals surface area contributed by atoms with Crippen LogP contribution in [-0.4, -0.2) is 36.1 Å². The van der Waals surface area contributed by atoms with Gasteiger partial charge >= 0.3 is 0 Å². The summed E-state index contributed by atoms with van der Waals surface area (Å²) in [5, 5.41) is 6.90. The molecule has 2 heterocycles. The molecular weight excluding hydrogens is 242 g/mol. The molecule has 1 aliphatic heterocycles. The maximum Gasteiger partial charge on any atom is 0.107 e. The van der Waals surface area contributed by atoms with E-state index in [1.807, 2.05) is 0 Å². The molecule has 102 valence electrons. The van der Waals surface area contributed by atoms with Gasteiger partial charge in [0.1, 0.15) is 5.01 Å². The minimum absolute atomic E-state index is 0.171. The molecule has 0 spiro atoms. The monoisotopic (exact) mass is 267 g/mol. The van der Waals surface area contributed by atoms with Crippen molar-refractivity contribution in [3.63, 3.8) is 0 Å². The average molecular weight is 267 g/mol. The summed E-state index contributed by atoms with van der Waals surface area (Å²) in [5.74, 6) is 0. The van der Waals surface area contributed by atoms with E-state index in [4.69, 9.17) is 4.98 Å². The van der Waals surface area contributed by atoms with Crippen LogP contribution in [0.25, 0.3) is 0 Å². The standard InChI is InChI=1S/C14H25N3S/c1-14(2,3)12-11-18-13(16-12)10-15-6-9-17-7-4-5-8-17/h11,15H,4-10H2,1-3H3. The number of thiazole rings is 1. The van der Waals surface area contributed by atoms with Crippen molar-refractivity contribution in [1.29, 1.82) is 0 Å². The lowest BCUT2D eigenvalue weighted by atomic mass is 9.93. The number of nitrogens with zero attached hydrogens (tertiary/aromatic N) is 2. The van der Waals surface area contributed by atoms with Crippen molar-refractivity contribution in [2.75, 3.05) is 26.2 Å². The van der Waals surface area contributed by atoms with E-state index in [0.29, 0.717) is 0 Å². The molecule has 0 atom stereocenters. The predicted octanol–water partition coefficient (Wildman–Crippen LogP) is 2.63. The zero-order valence-corrected chi connectivity index (χ0v) is 12.6. The smallest absolute Gasteiger partial charge is 0.107 e. The summed E-state index contributed by atoms with van der Waals surface area (Å²) in [6, 6.07) is 0. The van der Waals surface area contributed by atoms with Crippen LogP contribution in [0.5, 0.6) is 0 Å². The van der Waals surface area contributed by atoms with Crippen LogP contribution in [0.15, 0.2) is 5.38 Å². The molecule has 4 heteroatoms. The number of aromatic nitrogens is 1. The molecular formula is C14H25N3S. The Morgan fingerprint density at radius 1 is 1.33 bits per heavy atom. The quantitative estimate of drug-likeness (QED) is 0.831. The molecule has 0 saturated carbocycles. The van der Waals surface area contributed by atoms with Gasteiger partial charge in [-0.2, -0.15) is 0 Å². The van der Waals surface area contributed by atoms with Crippen LogP contribution in [0.1, 0.15) is 44.3 Å². The molecule has 1 aromatic heterocycles. The lowest BCUT2D eigenvalue weighted by Crippen LogP contribution is -2.29. The van der Waals surface area contributed by atoms with Gasteiger partial charge < -0.3 is 10.2 Å². The molecule has 0 aromatic carbocycles. The van der Waals surface area contributed by atoms with E-state index in [2.05, 4.69) is 36.4 Å². The van der Waals surface area contributed by atoms with Crippen molar-refractivity contribution in [2.24, 2.45) is 0 Å². The van der Waals surface area contributed by atoms with Gasteiger partial charge in [-0.1, -0.05) is 20.8 Å². The minimum Gasteiger partial charge on any atom is -0.309 e. The van der Waals surface area contributed by atoms with Crippen LogP contribution < -0.4 is 5.32 Å². The fraction of sp³-hybridized carbons (Fsp3) is 0.786. The molecule has 0 bridgehead atoms. The molecule has 0 unspecified atom stereocenters. The van der Waals surface area contributed by atoms with Crippen molar-refractivity contribution >= 4 is 11.3 Å². The van der Waals surface area contributed by atoms with Crippen LogP contribution >= 0.6 is 11.3 Å². The van der Waals surface area contributed by atoms with Crippen LogP contribution in [0.2, 0.25) is 0 Å². The molecule has 1 saturated heterocycles. The largest absolute Gasteiger partial charge is 0.309 e. The number of hydrogen-bond acceptors (Lipinski definition) is 4. The highest BCUT2D eigenvalue weighted by molar-refractivity contribution is 7.09. The highest BCUT2D eigenvalue weighted by atomic mass is 32.1. The Labute approximate surface area is 115 Å². The van der Waals surface area contributed by atoms with Crippen LogP contribution in [0.3, 0.4) is 0 Å². The second kappa shape index (κ2) is 6.13. The summed E-state index contributed by atoms with van der Waals surface area (Å²) >= 11 is 1.77. The van der Waals surface area contributed by atoms with Crippen molar-refractivity contribution in [1.82, 2.24) is 15.2 Å². The van der Waals surface area contributed by atoms with E-state index < -0.39 is 0 Å². The summed E-state index contributed by atoms with van der Waals surface area (Å²) in [7, 11) is 0. The maximum atomic E-state index is 4.69. The van der Waals surface area contributed by atoms with E-state index in [0.717, 1.165) is 13.1 Å². The first-order chi connectivity index (χ1) is 8.55. The molecule has 1 N–H and O–H groups in total. The van der Waals surface area contributed by atoms with E-state index in [1.54, 1.807) is 11.3 Å². The number of likely N-dealkylation sites (tertiary alicyclic amines) is 1. The maximum absolute atomic E-state index is 4.69. The van der Waals surface area contributed by atoms with E-state index in [-0.39, 0.29) is 5.41 Å². The molecule has 18 heavy (non-hydrogen) atoms. The van der Waals surface area contributed by atoms with Gasteiger partial charge in [0.2, 0.25) is 0 Å². The zero-order valence-electron chi connectivity index (χ0n) is 11.8. The topological polar surface area (TPSA) is 28.2 Å².